The summed E-state index contributed by atoms with van der Waals surface area (Å²) >= 11 is 0. The maximum Gasteiger partial charge on any atom is 0.240 e. The van der Waals surface area contributed by atoms with Crippen molar-refractivity contribution in [2.24, 2.45) is 5.73 Å². The molecule has 3 heterocycles. The molecule has 0 unspecified atom stereocenters. The number of nitrogens with one attached hydrogen (secondary N) is 3. The zero-order valence-corrected chi connectivity index (χ0v) is 24.7. The molecule has 0 aliphatic heterocycles. The second-order valence-corrected chi connectivity index (χ2v) is 11.6. The summed E-state index contributed by atoms with van der Waals surface area (Å²) in [7, 11) is 1.66. The first-order valence-corrected chi connectivity index (χ1v) is 14.5. The van der Waals surface area contributed by atoms with Crippen LogP contribution in [-0.2, 0) is 30.6 Å². The summed E-state index contributed by atoms with van der Waals surface area (Å²) in [5, 5.41) is 14.9. The van der Waals surface area contributed by atoms with E-state index in [0.717, 1.165) is 45.5 Å². The maximum atomic E-state index is 13.3. The van der Waals surface area contributed by atoms with Crippen LogP contribution in [0, 0.1) is 0 Å². The lowest BCUT2D eigenvalue weighted by molar-refractivity contribution is -0.126. The number of para-hydroxylation sites is 2. The number of aromatic amines is 2. The Labute approximate surface area is 250 Å². The van der Waals surface area contributed by atoms with Crippen LogP contribution in [0.5, 0.6) is 5.75 Å². The van der Waals surface area contributed by atoms with Crippen molar-refractivity contribution < 1.29 is 9.53 Å². The van der Waals surface area contributed by atoms with Crippen LogP contribution in [0.15, 0.2) is 85.2 Å². The van der Waals surface area contributed by atoms with E-state index in [1.165, 1.54) is 10.9 Å². The van der Waals surface area contributed by atoms with E-state index in [9.17, 15) is 4.79 Å². The lowest BCUT2D eigenvalue weighted by Gasteiger charge is -2.25. The summed E-state index contributed by atoms with van der Waals surface area (Å²) in [6.45, 7) is 3.96. The Kier molecular flexibility index (Phi) is 7.73. The first-order chi connectivity index (χ1) is 20.8. The largest absolute Gasteiger partial charge is 0.497 e. The Morgan fingerprint density at radius 2 is 1.53 bits per heavy atom. The van der Waals surface area contributed by atoms with E-state index in [0.29, 0.717) is 25.2 Å². The van der Waals surface area contributed by atoms with Gasteiger partial charge in [-0.25, -0.2) is 0 Å². The molecule has 43 heavy (non-hydrogen) atoms. The lowest BCUT2D eigenvalue weighted by atomic mass is 10.0. The van der Waals surface area contributed by atoms with E-state index in [2.05, 4.69) is 50.3 Å². The number of hydrogen-bond acceptors (Lipinski definition) is 5. The maximum absolute atomic E-state index is 13.3. The van der Waals surface area contributed by atoms with Crippen molar-refractivity contribution in [3.8, 4) is 5.75 Å². The number of aryl methyl sites for hydroxylation is 2. The summed E-state index contributed by atoms with van der Waals surface area (Å²) in [6, 6.07) is 24.0. The minimum Gasteiger partial charge on any atom is -0.497 e. The fourth-order valence-electron chi connectivity index (χ4n) is 5.53. The number of aromatic nitrogens is 5. The third kappa shape index (κ3) is 6.03. The third-order valence-corrected chi connectivity index (χ3v) is 7.95. The zero-order chi connectivity index (χ0) is 30.0. The van der Waals surface area contributed by atoms with Gasteiger partial charge in [0.2, 0.25) is 5.91 Å². The smallest absolute Gasteiger partial charge is 0.240 e. The molecule has 3 aromatic carbocycles. The van der Waals surface area contributed by atoms with Gasteiger partial charge < -0.3 is 30.3 Å². The quantitative estimate of drug-likeness (QED) is 0.169. The fraction of sp³-hybridized carbons (Fsp3) is 0.265. The number of methoxy groups -OCH3 is 1. The highest BCUT2D eigenvalue weighted by Gasteiger charge is 2.29. The molecule has 220 valence electrons. The molecule has 1 atom stereocenters. The molecule has 1 amide bonds. The Hall–Kier alpha value is -4.89. The van der Waals surface area contributed by atoms with Crippen LogP contribution in [0.2, 0.25) is 0 Å². The average Bonchev–Trinajstić information content (AvgIpc) is 3.73. The molecule has 5 N–H and O–H groups in total. The number of rotatable bonds is 11. The number of ether oxygens (including phenoxy) is 1. The van der Waals surface area contributed by atoms with E-state index < -0.39 is 11.6 Å². The molecule has 0 aliphatic carbocycles. The van der Waals surface area contributed by atoms with E-state index in [4.69, 9.17) is 20.7 Å². The highest BCUT2D eigenvalue weighted by Crippen LogP contribution is 2.27. The van der Waals surface area contributed by atoms with Gasteiger partial charge in [-0.15, -0.1) is 10.2 Å². The number of nitrogens with zero attached hydrogens (tertiary/aromatic N) is 3. The van der Waals surface area contributed by atoms with Gasteiger partial charge in [0, 0.05) is 47.0 Å². The summed E-state index contributed by atoms with van der Waals surface area (Å²) in [6.07, 6.45) is 6.06. The zero-order valence-electron chi connectivity index (χ0n) is 24.7. The topological polar surface area (TPSA) is 127 Å². The van der Waals surface area contributed by atoms with Gasteiger partial charge in [-0.05, 0) is 61.2 Å². The second-order valence-electron chi connectivity index (χ2n) is 11.6. The highest BCUT2D eigenvalue weighted by atomic mass is 16.5. The predicted molar refractivity (Wildman–Crippen MR) is 169 cm³/mol. The van der Waals surface area contributed by atoms with Gasteiger partial charge in [0.15, 0.2) is 5.82 Å². The molecule has 0 spiro atoms. The molecular weight excluding hydrogens is 538 g/mol. The highest BCUT2D eigenvalue weighted by molar-refractivity contribution is 5.86. The van der Waals surface area contributed by atoms with Gasteiger partial charge >= 0.3 is 0 Å². The molecule has 0 saturated heterocycles. The summed E-state index contributed by atoms with van der Waals surface area (Å²) in [5.74, 6) is 2.08. The van der Waals surface area contributed by atoms with E-state index in [1.807, 2.05) is 54.7 Å². The number of nitrogens with two attached hydrogens (primary N) is 1. The van der Waals surface area contributed by atoms with Crippen LogP contribution < -0.4 is 15.8 Å². The number of fused-ring (bicyclic) bond motifs is 2. The number of amides is 1. The Balaban J connectivity index is 1.38. The number of benzene rings is 3. The molecule has 0 fully saturated rings. The molecule has 6 rings (SSSR count). The number of carbonyl (C=O) groups excluding carboxylic acids is 1. The molecule has 3 aromatic heterocycles. The van der Waals surface area contributed by atoms with Crippen LogP contribution in [0.3, 0.4) is 0 Å². The van der Waals surface area contributed by atoms with Crippen LogP contribution in [0.4, 0.5) is 0 Å². The van der Waals surface area contributed by atoms with Gasteiger partial charge in [-0.1, -0.05) is 48.5 Å². The van der Waals surface area contributed by atoms with Crippen LogP contribution in [0.25, 0.3) is 21.8 Å². The standard InChI is InChI=1S/C34H37N7O2/c1-34(2,35)33(42)38-30(18-24-20-37-29-11-7-5-9-27(24)29)32-40-39-31(41(32)21-22-12-15-25(43-3)16-13-22)17-14-23-19-36-28-10-6-4-8-26(23)28/h4-13,15-16,19-20,30,36-37H,14,17-18,21,35H2,1-3H3,(H,38,42)/t30-/m1/s1. The van der Waals surface area contributed by atoms with Crippen LogP contribution in [0.1, 0.15) is 48.2 Å². The van der Waals surface area contributed by atoms with Crippen LogP contribution >= 0.6 is 0 Å². The molecule has 9 nitrogen and oxygen atoms in total. The summed E-state index contributed by atoms with van der Waals surface area (Å²) < 4.78 is 7.52. The first-order valence-electron chi connectivity index (χ1n) is 14.5. The van der Waals surface area contributed by atoms with E-state index in [1.54, 1.807) is 21.0 Å². The molecule has 9 heteroatoms. The minimum absolute atomic E-state index is 0.253. The van der Waals surface area contributed by atoms with Gasteiger partial charge in [0.25, 0.3) is 0 Å². The van der Waals surface area contributed by atoms with Gasteiger partial charge in [-0.2, -0.15) is 0 Å². The van der Waals surface area contributed by atoms with Crippen molar-refractivity contribution in [2.75, 3.05) is 7.11 Å². The molecule has 0 radical (unpaired) electrons. The average molecular weight is 576 g/mol. The second kappa shape index (κ2) is 11.8. The van der Waals surface area contributed by atoms with Crippen molar-refractivity contribution in [1.82, 2.24) is 30.0 Å². The molecule has 0 bridgehead atoms. The Morgan fingerprint density at radius 3 is 2.19 bits per heavy atom. The van der Waals surface area contributed by atoms with Crippen molar-refractivity contribution in [2.45, 2.75) is 51.2 Å². The predicted octanol–water partition coefficient (Wildman–Crippen LogP) is 5.22. The number of carbonyl (C=O) groups is 1. The van der Waals surface area contributed by atoms with Crippen molar-refractivity contribution in [1.29, 1.82) is 0 Å². The van der Waals surface area contributed by atoms with E-state index >= 15 is 0 Å². The first kappa shape index (κ1) is 28.2. The van der Waals surface area contributed by atoms with Gasteiger partial charge in [0.05, 0.1) is 25.2 Å². The summed E-state index contributed by atoms with van der Waals surface area (Å²) in [4.78, 5) is 20.0. The Morgan fingerprint density at radius 1 is 0.907 bits per heavy atom. The molecule has 0 aliphatic rings. The van der Waals surface area contributed by atoms with Crippen molar-refractivity contribution >= 4 is 27.7 Å². The third-order valence-electron chi connectivity index (χ3n) is 7.95. The molecular formula is C34H37N7O2. The van der Waals surface area contributed by atoms with Gasteiger partial charge in [-0.3, -0.25) is 4.79 Å². The van der Waals surface area contributed by atoms with E-state index in [-0.39, 0.29) is 5.91 Å². The monoisotopic (exact) mass is 575 g/mol. The molecule has 6 aromatic rings. The lowest BCUT2D eigenvalue weighted by Crippen LogP contribution is -2.50. The normalized spacial score (nSPS) is 12.6. The molecule has 0 saturated carbocycles. The number of hydrogen-bond donors (Lipinski definition) is 4. The van der Waals surface area contributed by atoms with Crippen LogP contribution in [-0.4, -0.2) is 43.3 Å². The number of H-pyrrole nitrogens is 2. The van der Waals surface area contributed by atoms with Gasteiger partial charge in [0.1, 0.15) is 11.6 Å². The fourth-order valence-corrected chi connectivity index (χ4v) is 5.53. The summed E-state index contributed by atoms with van der Waals surface area (Å²) in [5.41, 5.74) is 10.7. The van der Waals surface area contributed by atoms with Crippen molar-refractivity contribution in [3.63, 3.8) is 0 Å². The Bertz CT molecular complexity index is 1860. The van der Waals surface area contributed by atoms with Crippen molar-refractivity contribution in [3.05, 3.63) is 114 Å². The minimum atomic E-state index is -1.06. The SMILES string of the molecule is COc1ccc(Cn2c(CCc3c[nH]c4ccccc34)nnc2[C@@H](Cc2c[nH]c3ccccc23)NC(=O)C(C)(C)N)cc1.